The SMILES string of the molecule is COC(=O)C[C@H]1CCC[C@]2(C)C(C(=O)OC)=CON12. The van der Waals surface area contributed by atoms with Gasteiger partial charge >= 0.3 is 11.9 Å². The van der Waals surface area contributed by atoms with Crippen molar-refractivity contribution >= 4 is 11.9 Å². The van der Waals surface area contributed by atoms with Crippen molar-refractivity contribution in [3.8, 4) is 0 Å². The van der Waals surface area contributed by atoms with Crippen molar-refractivity contribution < 1.29 is 23.9 Å². The third-order valence-electron chi connectivity index (χ3n) is 3.92. The van der Waals surface area contributed by atoms with E-state index in [0.29, 0.717) is 5.57 Å². The Balaban J connectivity index is 2.16. The maximum Gasteiger partial charge on any atom is 0.338 e. The first-order valence-electron chi connectivity index (χ1n) is 6.35. The lowest BCUT2D eigenvalue weighted by Gasteiger charge is -2.43. The largest absolute Gasteiger partial charge is 0.469 e. The van der Waals surface area contributed by atoms with Crippen molar-refractivity contribution in [1.29, 1.82) is 0 Å². The van der Waals surface area contributed by atoms with Crippen LogP contribution in [0.25, 0.3) is 0 Å². The van der Waals surface area contributed by atoms with E-state index < -0.39 is 5.54 Å². The minimum atomic E-state index is -0.524. The quantitative estimate of drug-likeness (QED) is 0.716. The molecule has 6 nitrogen and oxygen atoms in total. The Labute approximate surface area is 112 Å². The van der Waals surface area contributed by atoms with Gasteiger partial charge in [0.25, 0.3) is 0 Å². The summed E-state index contributed by atoms with van der Waals surface area (Å²) in [4.78, 5) is 28.7. The fraction of sp³-hybridized carbons (Fsp3) is 0.692. The van der Waals surface area contributed by atoms with Crippen LogP contribution in [0.4, 0.5) is 0 Å². The molecule has 2 aliphatic heterocycles. The molecule has 0 N–H and O–H groups in total. The van der Waals surface area contributed by atoms with E-state index in [1.165, 1.54) is 20.5 Å². The zero-order chi connectivity index (χ0) is 14.0. The molecule has 0 aromatic rings. The number of carbonyl (C=O) groups excluding carboxylic acids is 2. The fourth-order valence-electron chi connectivity index (χ4n) is 2.84. The summed E-state index contributed by atoms with van der Waals surface area (Å²) < 4.78 is 9.48. The average molecular weight is 269 g/mol. The summed E-state index contributed by atoms with van der Waals surface area (Å²) >= 11 is 0. The van der Waals surface area contributed by atoms with Gasteiger partial charge < -0.3 is 14.3 Å². The van der Waals surface area contributed by atoms with E-state index in [9.17, 15) is 9.59 Å². The number of piperidine rings is 1. The van der Waals surface area contributed by atoms with Gasteiger partial charge in [0, 0.05) is 0 Å². The Morgan fingerprint density at radius 3 is 2.84 bits per heavy atom. The minimum Gasteiger partial charge on any atom is -0.469 e. The third kappa shape index (κ3) is 2.32. The molecule has 19 heavy (non-hydrogen) atoms. The predicted octanol–water partition coefficient (Wildman–Crippen LogP) is 1.16. The van der Waals surface area contributed by atoms with Crippen molar-refractivity contribution in [2.75, 3.05) is 14.2 Å². The maximum atomic E-state index is 11.8. The maximum absolute atomic E-state index is 11.8. The van der Waals surface area contributed by atoms with Gasteiger partial charge in [-0.3, -0.25) is 4.79 Å². The second-order valence-corrected chi connectivity index (χ2v) is 5.05. The molecule has 0 aromatic carbocycles. The predicted molar refractivity (Wildman–Crippen MR) is 65.7 cm³/mol. The first-order chi connectivity index (χ1) is 9.02. The van der Waals surface area contributed by atoms with Crippen LogP contribution in [0.15, 0.2) is 11.8 Å². The van der Waals surface area contributed by atoms with Crippen LogP contribution in [-0.4, -0.2) is 42.8 Å². The zero-order valence-corrected chi connectivity index (χ0v) is 11.5. The van der Waals surface area contributed by atoms with Gasteiger partial charge in [-0.25, -0.2) is 4.79 Å². The Bertz CT molecular complexity index is 419. The molecule has 2 rings (SSSR count). The molecule has 0 bridgehead atoms. The third-order valence-corrected chi connectivity index (χ3v) is 3.92. The highest BCUT2D eigenvalue weighted by Crippen LogP contribution is 2.43. The standard InChI is InChI=1S/C13H19NO5/c1-13-6-4-5-9(7-11(15)17-2)14(13)19-8-10(13)12(16)18-3/h8-9H,4-7H2,1-3H3/t9-,13-/m1/s1. The second kappa shape index (κ2) is 5.21. The number of hydrogen-bond donors (Lipinski definition) is 0. The highest BCUT2D eigenvalue weighted by molar-refractivity contribution is 5.91. The van der Waals surface area contributed by atoms with Crippen molar-refractivity contribution in [2.24, 2.45) is 0 Å². The van der Waals surface area contributed by atoms with Gasteiger partial charge in [0.2, 0.25) is 0 Å². The van der Waals surface area contributed by atoms with Crippen molar-refractivity contribution in [1.82, 2.24) is 5.06 Å². The van der Waals surface area contributed by atoms with Crippen LogP contribution in [0.3, 0.4) is 0 Å². The number of rotatable bonds is 3. The topological polar surface area (TPSA) is 65.1 Å². The number of hydrogen-bond acceptors (Lipinski definition) is 6. The van der Waals surface area contributed by atoms with E-state index in [2.05, 4.69) is 0 Å². The van der Waals surface area contributed by atoms with Gasteiger partial charge in [-0.1, -0.05) is 0 Å². The smallest absolute Gasteiger partial charge is 0.338 e. The number of hydroxylamine groups is 2. The van der Waals surface area contributed by atoms with Crippen LogP contribution in [0.1, 0.15) is 32.6 Å². The number of fused-ring (bicyclic) bond motifs is 1. The summed E-state index contributed by atoms with van der Waals surface area (Å²) in [6, 6.07) is -0.0791. The first kappa shape index (κ1) is 13.9. The number of methoxy groups -OCH3 is 2. The summed E-state index contributed by atoms with van der Waals surface area (Å²) in [5.74, 6) is -0.659. The summed E-state index contributed by atoms with van der Waals surface area (Å²) in [6.45, 7) is 1.94. The Hall–Kier alpha value is -1.56. The van der Waals surface area contributed by atoms with Crippen molar-refractivity contribution in [3.05, 3.63) is 11.8 Å². The van der Waals surface area contributed by atoms with Gasteiger partial charge in [0.05, 0.1) is 37.8 Å². The van der Waals surface area contributed by atoms with Gasteiger partial charge in [-0.15, -0.1) is 5.06 Å². The van der Waals surface area contributed by atoms with Gasteiger partial charge in [0.15, 0.2) is 0 Å². The van der Waals surface area contributed by atoms with E-state index >= 15 is 0 Å². The van der Waals surface area contributed by atoms with Crippen LogP contribution in [0.2, 0.25) is 0 Å². The molecule has 0 aromatic heterocycles. The van der Waals surface area contributed by atoms with Crippen LogP contribution in [-0.2, 0) is 23.9 Å². The monoisotopic (exact) mass is 269 g/mol. The molecule has 2 atom stereocenters. The van der Waals surface area contributed by atoms with Crippen LogP contribution in [0, 0.1) is 0 Å². The highest BCUT2D eigenvalue weighted by Gasteiger charge is 2.51. The molecule has 0 radical (unpaired) electrons. The summed E-state index contributed by atoms with van der Waals surface area (Å²) in [5, 5.41) is 1.74. The molecule has 0 amide bonds. The molecule has 1 saturated heterocycles. The normalized spacial score (nSPS) is 30.1. The molecule has 0 spiro atoms. The van der Waals surface area contributed by atoms with Gasteiger partial charge in [-0.05, 0) is 26.2 Å². The van der Waals surface area contributed by atoms with Crippen LogP contribution in [0.5, 0.6) is 0 Å². The molecule has 0 unspecified atom stereocenters. The Morgan fingerprint density at radius 1 is 1.47 bits per heavy atom. The molecule has 0 saturated carbocycles. The van der Waals surface area contributed by atoms with Gasteiger partial charge in [0.1, 0.15) is 6.26 Å². The number of ether oxygens (including phenoxy) is 2. The summed E-state index contributed by atoms with van der Waals surface area (Å²) in [5.41, 5.74) is -0.0196. The van der Waals surface area contributed by atoms with E-state index in [1.54, 1.807) is 5.06 Å². The van der Waals surface area contributed by atoms with E-state index in [0.717, 1.165) is 19.3 Å². The Kier molecular flexibility index (Phi) is 3.80. The number of nitrogens with zero attached hydrogens (tertiary/aromatic N) is 1. The lowest BCUT2D eigenvalue weighted by molar-refractivity contribution is -0.194. The highest BCUT2D eigenvalue weighted by atomic mass is 16.7. The lowest BCUT2D eigenvalue weighted by Crippen LogP contribution is -2.53. The molecule has 2 heterocycles. The molecule has 6 heteroatoms. The second-order valence-electron chi connectivity index (χ2n) is 5.05. The Morgan fingerprint density at radius 2 is 2.21 bits per heavy atom. The first-order valence-corrected chi connectivity index (χ1v) is 6.35. The summed E-state index contributed by atoms with van der Waals surface area (Å²) in [6.07, 6.45) is 4.25. The molecule has 106 valence electrons. The van der Waals surface area contributed by atoms with E-state index in [4.69, 9.17) is 14.3 Å². The fourth-order valence-corrected chi connectivity index (χ4v) is 2.84. The summed E-state index contributed by atoms with van der Waals surface area (Å²) in [7, 11) is 2.72. The van der Waals surface area contributed by atoms with Gasteiger partial charge in [-0.2, -0.15) is 0 Å². The van der Waals surface area contributed by atoms with E-state index in [1.807, 2.05) is 6.92 Å². The van der Waals surface area contributed by atoms with E-state index in [-0.39, 0.29) is 24.4 Å². The molecule has 2 aliphatic rings. The lowest BCUT2D eigenvalue weighted by atomic mass is 9.81. The molecular weight excluding hydrogens is 250 g/mol. The minimum absolute atomic E-state index is 0.0791. The number of carbonyl (C=O) groups is 2. The van der Waals surface area contributed by atoms with Crippen LogP contribution < -0.4 is 0 Å². The average Bonchev–Trinajstić information content (AvgIpc) is 2.76. The molecule has 1 fully saturated rings. The molecular formula is C13H19NO5. The zero-order valence-electron chi connectivity index (χ0n) is 11.5. The number of esters is 2. The van der Waals surface area contributed by atoms with Crippen molar-refractivity contribution in [2.45, 2.75) is 44.2 Å². The molecule has 0 aliphatic carbocycles. The van der Waals surface area contributed by atoms with Crippen LogP contribution >= 0.6 is 0 Å². The van der Waals surface area contributed by atoms with Crippen molar-refractivity contribution in [3.63, 3.8) is 0 Å².